The number of rotatable bonds is 4. The molecule has 3 aromatic heterocycles. The number of carbonyl (C=O) groups is 1. The normalized spacial score (nSPS) is 11.0. The number of halogens is 1. The van der Waals surface area contributed by atoms with Crippen LogP contribution in [-0.4, -0.2) is 15.6 Å². The van der Waals surface area contributed by atoms with Crippen LogP contribution in [-0.2, 0) is 6.54 Å². The van der Waals surface area contributed by atoms with Crippen molar-refractivity contribution in [3.8, 4) is 0 Å². The van der Waals surface area contributed by atoms with Crippen molar-refractivity contribution < 1.29 is 13.7 Å². The fourth-order valence-electron chi connectivity index (χ4n) is 2.59. The third kappa shape index (κ3) is 2.59. The minimum atomic E-state index is -0.316. The first-order valence-corrected chi connectivity index (χ1v) is 8.12. The number of hydrogen-bond donors (Lipinski definition) is 1. The average Bonchev–Trinajstić information content (AvgIpc) is 3.28. The molecule has 1 amide bonds. The van der Waals surface area contributed by atoms with Crippen molar-refractivity contribution in [2.45, 2.75) is 6.54 Å². The summed E-state index contributed by atoms with van der Waals surface area (Å²) in [6, 6.07) is 11.8. The number of benzene rings is 1. The Kier molecular flexibility index (Phi) is 3.62. The van der Waals surface area contributed by atoms with Crippen LogP contribution in [0.2, 0.25) is 0 Å². The second kappa shape index (κ2) is 5.93. The fraction of sp³-hybridized carbons (Fsp3) is 0.0588. The van der Waals surface area contributed by atoms with Crippen LogP contribution in [0.1, 0.15) is 16.1 Å². The lowest BCUT2D eigenvalue weighted by molar-refractivity contribution is 0.101. The zero-order valence-electron chi connectivity index (χ0n) is 12.4. The lowest BCUT2D eigenvalue weighted by atomic mass is 10.2. The van der Waals surface area contributed by atoms with Crippen molar-refractivity contribution in [3.05, 3.63) is 71.2 Å². The highest BCUT2D eigenvalue weighted by atomic mass is 32.1. The van der Waals surface area contributed by atoms with E-state index in [0.717, 1.165) is 10.2 Å². The van der Waals surface area contributed by atoms with E-state index in [-0.39, 0.29) is 18.3 Å². The van der Waals surface area contributed by atoms with Gasteiger partial charge in [0.25, 0.3) is 5.91 Å². The van der Waals surface area contributed by atoms with Gasteiger partial charge < -0.3 is 14.4 Å². The minimum Gasteiger partial charge on any atom is -0.363 e. The van der Waals surface area contributed by atoms with E-state index in [4.69, 9.17) is 4.52 Å². The number of amides is 1. The van der Waals surface area contributed by atoms with Gasteiger partial charge in [-0.05, 0) is 23.6 Å². The van der Waals surface area contributed by atoms with Crippen LogP contribution in [0.15, 0.2) is 58.6 Å². The molecule has 24 heavy (non-hydrogen) atoms. The highest BCUT2D eigenvalue weighted by Crippen LogP contribution is 2.27. The molecule has 1 N–H and O–H groups in total. The molecule has 120 valence electrons. The van der Waals surface area contributed by atoms with Crippen LogP contribution in [0.4, 0.5) is 10.2 Å². The smallest absolute Gasteiger partial charge is 0.273 e. The van der Waals surface area contributed by atoms with Crippen molar-refractivity contribution in [1.82, 2.24) is 9.72 Å². The molecule has 5 nitrogen and oxygen atoms in total. The molecule has 7 heteroatoms. The Morgan fingerprint density at radius 1 is 1.29 bits per heavy atom. The molecule has 0 aliphatic carbocycles. The molecule has 0 unspecified atom stereocenters. The van der Waals surface area contributed by atoms with Gasteiger partial charge in [0.1, 0.15) is 17.8 Å². The molecule has 0 saturated carbocycles. The maximum absolute atomic E-state index is 14.0. The van der Waals surface area contributed by atoms with E-state index in [9.17, 15) is 9.18 Å². The Hall–Kier alpha value is -2.93. The molecule has 0 atom stereocenters. The zero-order valence-corrected chi connectivity index (χ0v) is 13.2. The van der Waals surface area contributed by atoms with Crippen molar-refractivity contribution >= 4 is 33.3 Å². The van der Waals surface area contributed by atoms with Crippen molar-refractivity contribution in [3.63, 3.8) is 0 Å². The summed E-state index contributed by atoms with van der Waals surface area (Å²) in [5.74, 6) is -0.275. The molecule has 4 aromatic rings. The zero-order chi connectivity index (χ0) is 16.5. The van der Waals surface area contributed by atoms with Gasteiger partial charge in [-0.2, -0.15) is 0 Å². The Labute approximate surface area is 140 Å². The summed E-state index contributed by atoms with van der Waals surface area (Å²) >= 11 is 1.53. The first kappa shape index (κ1) is 14.6. The molecule has 4 rings (SSSR count). The molecule has 0 fully saturated rings. The summed E-state index contributed by atoms with van der Waals surface area (Å²) in [7, 11) is 0. The number of nitrogens with one attached hydrogen (secondary N) is 1. The lowest BCUT2D eigenvalue weighted by Gasteiger charge is -2.10. The van der Waals surface area contributed by atoms with Gasteiger partial charge in [-0.25, -0.2) is 4.39 Å². The molecular formula is C17H12FN3O2S. The molecule has 3 heterocycles. The van der Waals surface area contributed by atoms with E-state index in [1.54, 1.807) is 34.9 Å². The summed E-state index contributed by atoms with van der Waals surface area (Å²) in [6.07, 6.45) is 1.38. The molecule has 0 saturated heterocycles. The van der Waals surface area contributed by atoms with Crippen LogP contribution >= 0.6 is 11.3 Å². The number of anilines is 1. The summed E-state index contributed by atoms with van der Waals surface area (Å²) in [6.45, 7) is 0.272. The Balaban J connectivity index is 1.74. The molecule has 0 aliphatic heterocycles. The van der Waals surface area contributed by atoms with Gasteiger partial charge in [-0.1, -0.05) is 23.4 Å². The standard InChI is InChI=1S/C17H12FN3O2S/c18-12-4-2-1-3-11(12)10-21-13-6-8-24-15(13)9-14(21)17(22)19-16-5-7-23-20-16/h1-9H,10H2,(H,19,20,22). The van der Waals surface area contributed by atoms with Crippen LogP contribution in [0, 0.1) is 5.82 Å². The Morgan fingerprint density at radius 2 is 2.17 bits per heavy atom. The summed E-state index contributed by atoms with van der Waals surface area (Å²) < 4.78 is 21.5. The molecule has 0 radical (unpaired) electrons. The van der Waals surface area contributed by atoms with Crippen LogP contribution in [0.25, 0.3) is 10.2 Å². The Bertz CT molecular complexity index is 1000. The molecular weight excluding hydrogens is 329 g/mol. The van der Waals surface area contributed by atoms with Crippen LogP contribution in [0.5, 0.6) is 0 Å². The van der Waals surface area contributed by atoms with E-state index >= 15 is 0 Å². The number of fused-ring (bicyclic) bond motifs is 1. The molecule has 0 spiro atoms. The quantitative estimate of drug-likeness (QED) is 0.607. The van der Waals surface area contributed by atoms with Crippen LogP contribution < -0.4 is 5.32 Å². The van der Waals surface area contributed by atoms with Crippen LogP contribution in [0.3, 0.4) is 0 Å². The average molecular weight is 341 g/mol. The number of aromatic nitrogens is 2. The summed E-state index contributed by atoms with van der Waals surface area (Å²) in [5, 5.41) is 8.30. The topological polar surface area (TPSA) is 60.1 Å². The fourth-order valence-corrected chi connectivity index (χ4v) is 3.41. The van der Waals surface area contributed by atoms with Gasteiger partial charge in [0, 0.05) is 11.6 Å². The van der Waals surface area contributed by atoms with E-state index < -0.39 is 0 Å². The Morgan fingerprint density at radius 3 is 2.96 bits per heavy atom. The second-order valence-corrected chi connectivity index (χ2v) is 6.16. The monoisotopic (exact) mass is 341 g/mol. The summed E-state index contributed by atoms with van der Waals surface area (Å²) in [4.78, 5) is 12.6. The molecule has 1 aromatic carbocycles. The van der Waals surface area contributed by atoms with E-state index in [2.05, 4.69) is 10.5 Å². The largest absolute Gasteiger partial charge is 0.363 e. The highest BCUT2D eigenvalue weighted by molar-refractivity contribution is 7.17. The second-order valence-electron chi connectivity index (χ2n) is 5.22. The lowest BCUT2D eigenvalue weighted by Crippen LogP contribution is -2.18. The van der Waals surface area contributed by atoms with E-state index in [1.807, 2.05) is 11.4 Å². The van der Waals surface area contributed by atoms with E-state index in [1.165, 1.54) is 23.7 Å². The third-order valence-electron chi connectivity index (χ3n) is 3.72. The predicted octanol–water partition coefficient (Wildman–Crippen LogP) is 4.13. The van der Waals surface area contributed by atoms with Crippen molar-refractivity contribution in [1.29, 1.82) is 0 Å². The van der Waals surface area contributed by atoms with Gasteiger partial charge in [0.05, 0.1) is 16.8 Å². The number of thiophene rings is 1. The molecule has 0 aliphatic rings. The van der Waals surface area contributed by atoms with Gasteiger partial charge in [0.2, 0.25) is 0 Å². The SMILES string of the molecule is O=C(Nc1ccon1)c1cc2sccc2n1Cc1ccccc1F. The van der Waals surface area contributed by atoms with Gasteiger partial charge in [-0.15, -0.1) is 11.3 Å². The van der Waals surface area contributed by atoms with Gasteiger partial charge >= 0.3 is 0 Å². The first-order chi connectivity index (χ1) is 11.7. The third-order valence-corrected chi connectivity index (χ3v) is 4.57. The van der Waals surface area contributed by atoms with E-state index in [0.29, 0.717) is 17.1 Å². The maximum atomic E-state index is 14.0. The maximum Gasteiger partial charge on any atom is 0.273 e. The highest BCUT2D eigenvalue weighted by Gasteiger charge is 2.18. The van der Waals surface area contributed by atoms with Crippen molar-refractivity contribution in [2.24, 2.45) is 0 Å². The number of carbonyl (C=O) groups excluding carboxylic acids is 1. The van der Waals surface area contributed by atoms with Gasteiger partial charge in [-0.3, -0.25) is 4.79 Å². The predicted molar refractivity (Wildman–Crippen MR) is 89.8 cm³/mol. The molecule has 0 bridgehead atoms. The number of nitrogens with zero attached hydrogens (tertiary/aromatic N) is 2. The minimum absolute atomic E-state index is 0.272. The number of hydrogen-bond acceptors (Lipinski definition) is 4. The van der Waals surface area contributed by atoms with Crippen molar-refractivity contribution in [2.75, 3.05) is 5.32 Å². The van der Waals surface area contributed by atoms with Gasteiger partial charge in [0.15, 0.2) is 5.82 Å². The first-order valence-electron chi connectivity index (χ1n) is 7.24. The summed E-state index contributed by atoms with van der Waals surface area (Å²) in [5.41, 5.74) is 1.87.